The molecule has 0 radical (unpaired) electrons. The third-order valence-corrected chi connectivity index (χ3v) is 7.05. The number of aromatic nitrogens is 1. The summed E-state index contributed by atoms with van der Waals surface area (Å²) in [5, 5.41) is 12.3. The quantitative estimate of drug-likeness (QED) is 0.136. The Morgan fingerprint density at radius 3 is 2.26 bits per heavy atom. The number of carbonyl (C=O) groups is 1. The third-order valence-electron chi connectivity index (χ3n) is 5.58. The number of pyridine rings is 1. The Hall–Kier alpha value is -4.29. The molecule has 0 saturated heterocycles. The van der Waals surface area contributed by atoms with Gasteiger partial charge in [-0.3, -0.25) is 4.79 Å². The first-order valence-corrected chi connectivity index (χ1v) is 14.0. The van der Waals surface area contributed by atoms with Gasteiger partial charge in [-0.15, -0.1) is 0 Å². The number of sulfonamides is 1. The molecule has 1 heterocycles. The van der Waals surface area contributed by atoms with Crippen molar-refractivity contribution < 1.29 is 49.4 Å². The molecule has 0 bridgehead atoms. The zero-order valence-corrected chi connectivity index (χ0v) is 23.0. The second-order valence-corrected chi connectivity index (χ2v) is 10.7. The Labute approximate surface area is 243 Å². The minimum absolute atomic E-state index is 0.0865. The molecule has 3 aromatic rings. The SMILES string of the molecule is O=C(O)C[C@@H](C#Cc1cc(C(F)(F)F)cc(C(F)(F)F)c1)NS(=O)(=O)c1cccc(OCCCCNc2ccccn2)c1. The van der Waals surface area contributed by atoms with Gasteiger partial charge in [-0.05, 0) is 55.3 Å². The van der Waals surface area contributed by atoms with Crippen LogP contribution in [0.25, 0.3) is 0 Å². The smallest absolute Gasteiger partial charge is 0.416 e. The Balaban J connectivity index is 1.70. The fourth-order valence-corrected chi connectivity index (χ4v) is 4.76. The number of nitrogens with one attached hydrogen (secondary N) is 2. The number of anilines is 1. The van der Waals surface area contributed by atoms with Gasteiger partial charge < -0.3 is 15.2 Å². The van der Waals surface area contributed by atoms with Gasteiger partial charge in [-0.2, -0.15) is 31.1 Å². The average molecular weight is 630 g/mol. The first-order valence-electron chi connectivity index (χ1n) is 12.6. The van der Waals surface area contributed by atoms with Crippen LogP contribution in [-0.4, -0.2) is 43.7 Å². The van der Waals surface area contributed by atoms with E-state index in [-0.39, 0.29) is 23.3 Å². The molecule has 230 valence electrons. The van der Waals surface area contributed by atoms with Crippen molar-refractivity contribution in [3.8, 4) is 17.6 Å². The Morgan fingerprint density at radius 2 is 1.65 bits per heavy atom. The highest BCUT2D eigenvalue weighted by Gasteiger charge is 2.36. The second-order valence-electron chi connectivity index (χ2n) is 9.01. The summed E-state index contributed by atoms with van der Waals surface area (Å²) in [6.07, 6.45) is -8.17. The van der Waals surface area contributed by atoms with Crippen LogP contribution in [0.2, 0.25) is 0 Å². The molecule has 3 rings (SSSR count). The van der Waals surface area contributed by atoms with Crippen LogP contribution >= 0.6 is 0 Å². The van der Waals surface area contributed by atoms with Gasteiger partial charge in [-0.1, -0.05) is 24.0 Å². The highest BCUT2D eigenvalue weighted by Crippen LogP contribution is 2.36. The van der Waals surface area contributed by atoms with Gasteiger partial charge in [0.1, 0.15) is 11.6 Å². The van der Waals surface area contributed by atoms with Gasteiger partial charge in [0, 0.05) is 24.4 Å². The lowest BCUT2D eigenvalue weighted by atomic mass is 10.0. The molecule has 43 heavy (non-hydrogen) atoms. The van der Waals surface area contributed by atoms with Crippen LogP contribution in [0.1, 0.15) is 36.0 Å². The number of hydrogen-bond acceptors (Lipinski definition) is 6. The summed E-state index contributed by atoms with van der Waals surface area (Å²) in [4.78, 5) is 15.1. The van der Waals surface area contributed by atoms with Crippen molar-refractivity contribution >= 4 is 21.8 Å². The van der Waals surface area contributed by atoms with Gasteiger partial charge in [0.2, 0.25) is 10.0 Å². The average Bonchev–Trinajstić information content (AvgIpc) is 2.93. The van der Waals surface area contributed by atoms with Crippen molar-refractivity contribution in [2.45, 2.75) is 42.6 Å². The van der Waals surface area contributed by atoms with E-state index in [1.165, 1.54) is 24.3 Å². The number of aliphatic carboxylic acids is 1. The maximum atomic E-state index is 13.1. The number of ether oxygens (including phenoxy) is 1. The number of benzene rings is 2. The van der Waals surface area contributed by atoms with Crippen molar-refractivity contribution in [1.29, 1.82) is 0 Å². The molecule has 0 aliphatic rings. The predicted octanol–water partition coefficient (Wildman–Crippen LogP) is 5.56. The number of unbranched alkanes of at least 4 members (excludes halogenated alkanes) is 1. The second kappa shape index (κ2) is 14.3. The molecule has 15 heteroatoms. The first kappa shape index (κ1) is 33.2. The summed E-state index contributed by atoms with van der Waals surface area (Å²) < 4.78 is 112. The molecular formula is C28H25F6N3O5S. The highest BCUT2D eigenvalue weighted by molar-refractivity contribution is 7.89. The molecule has 0 spiro atoms. The lowest BCUT2D eigenvalue weighted by Gasteiger charge is -2.14. The number of carboxylic acids is 1. The van der Waals surface area contributed by atoms with E-state index in [4.69, 9.17) is 4.74 Å². The number of carboxylic acid groups (broad SMARTS) is 1. The molecule has 1 atom stereocenters. The topological polar surface area (TPSA) is 118 Å². The van der Waals surface area contributed by atoms with E-state index in [0.717, 1.165) is 12.2 Å². The van der Waals surface area contributed by atoms with Crippen molar-refractivity contribution in [3.05, 3.63) is 83.6 Å². The molecule has 0 amide bonds. The molecule has 2 aromatic carbocycles. The van der Waals surface area contributed by atoms with Crippen LogP contribution in [-0.2, 0) is 27.2 Å². The van der Waals surface area contributed by atoms with E-state index < -0.39 is 57.5 Å². The van der Waals surface area contributed by atoms with Crippen LogP contribution in [0.4, 0.5) is 32.2 Å². The Bertz CT molecular complexity index is 1540. The van der Waals surface area contributed by atoms with Crippen LogP contribution < -0.4 is 14.8 Å². The summed E-state index contributed by atoms with van der Waals surface area (Å²) in [7, 11) is -4.44. The molecule has 0 fully saturated rings. The minimum Gasteiger partial charge on any atom is -0.494 e. The lowest BCUT2D eigenvalue weighted by Crippen LogP contribution is -2.35. The summed E-state index contributed by atoms with van der Waals surface area (Å²) in [5.41, 5.74) is -3.98. The largest absolute Gasteiger partial charge is 0.494 e. The van der Waals surface area contributed by atoms with Gasteiger partial charge in [-0.25, -0.2) is 13.4 Å². The van der Waals surface area contributed by atoms with E-state index in [0.29, 0.717) is 25.1 Å². The van der Waals surface area contributed by atoms with Crippen molar-refractivity contribution in [2.24, 2.45) is 0 Å². The van der Waals surface area contributed by atoms with Crippen molar-refractivity contribution in [2.75, 3.05) is 18.5 Å². The molecule has 3 N–H and O–H groups in total. The zero-order valence-electron chi connectivity index (χ0n) is 22.2. The summed E-state index contributed by atoms with van der Waals surface area (Å²) in [5.74, 6) is 3.58. The van der Waals surface area contributed by atoms with Crippen molar-refractivity contribution in [3.63, 3.8) is 0 Å². The summed E-state index contributed by atoms with van der Waals surface area (Å²) in [6.45, 7) is 0.883. The summed E-state index contributed by atoms with van der Waals surface area (Å²) in [6, 6.07) is 9.64. The van der Waals surface area contributed by atoms with Crippen molar-refractivity contribution in [1.82, 2.24) is 9.71 Å². The molecular weight excluding hydrogens is 604 g/mol. The molecule has 0 saturated carbocycles. The maximum absolute atomic E-state index is 13.1. The van der Waals surface area contributed by atoms with E-state index in [1.54, 1.807) is 12.3 Å². The maximum Gasteiger partial charge on any atom is 0.416 e. The number of halogens is 6. The van der Waals surface area contributed by atoms with E-state index in [9.17, 15) is 44.7 Å². The predicted molar refractivity (Wildman–Crippen MR) is 144 cm³/mol. The van der Waals surface area contributed by atoms with Crippen LogP contribution in [0, 0.1) is 11.8 Å². The third kappa shape index (κ3) is 10.8. The highest BCUT2D eigenvalue weighted by atomic mass is 32.2. The molecule has 8 nitrogen and oxygen atoms in total. The van der Waals surface area contributed by atoms with E-state index >= 15 is 0 Å². The van der Waals surface area contributed by atoms with Gasteiger partial charge in [0.25, 0.3) is 0 Å². The normalized spacial score (nSPS) is 12.6. The van der Waals surface area contributed by atoms with Gasteiger partial charge >= 0.3 is 18.3 Å². The van der Waals surface area contributed by atoms with Crippen LogP contribution in [0.5, 0.6) is 5.75 Å². The molecule has 1 aromatic heterocycles. The fraction of sp³-hybridized carbons (Fsp3) is 0.286. The Kier molecular flexibility index (Phi) is 11.0. The lowest BCUT2D eigenvalue weighted by molar-refractivity contribution is -0.143. The molecule has 0 aliphatic carbocycles. The monoisotopic (exact) mass is 629 g/mol. The number of nitrogens with zero attached hydrogens (tertiary/aromatic N) is 1. The van der Waals surface area contributed by atoms with Gasteiger partial charge in [0.15, 0.2) is 0 Å². The van der Waals surface area contributed by atoms with Gasteiger partial charge in [0.05, 0.1) is 35.1 Å². The van der Waals surface area contributed by atoms with E-state index in [2.05, 4.69) is 16.2 Å². The van der Waals surface area contributed by atoms with E-state index in [1.807, 2.05) is 22.8 Å². The van der Waals surface area contributed by atoms with Crippen LogP contribution in [0.15, 0.2) is 71.8 Å². The van der Waals surface area contributed by atoms with Crippen LogP contribution in [0.3, 0.4) is 0 Å². The zero-order chi connectivity index (χ0) is 31.7. The number of hydrogen-bond donors (Lipinski definition) is 3. The summed E-state index contributed by atoms with van der Waals surface area (Å²) >= 11 is 0. The first-order chi connectivity index (χ1) is 20.1. The standard InChI is InChI=1S/C28H25F6N3O5S/c29-27(30,31)20-14-19(15-21(16-20)28(32,33)34)9-10-22(17-26(38)39)37-43(40,41)24-7-5-6-23(18-24)42-13-4-3-12-36-25-8-1-2-11-35-25/h1-2,5-8,11,14-16,18,22,37H,3-4,12-13,17H2,(H,35,36)(H,38,39)/t22-/m1/s1. The number of rotatable bonds is 12. The fourth-order valence-electron chi connectivity index (χ4n) is 3.58. The molecule has 0 aliphatic heterocycles. The number of alkyl halides is 6. The minimum atomic E-state index is -5.12. The molecule has 0 unspecified atom stereocenters. The Morgan fingerprint density at radius 1 is 0.953 bits per heavy atom.